The van der Waals surface area contributed by atoms with Crippen LogP contribution >= 0.6 is 0 Å². The van der Waals surface area contributed by atoms with Crippen LogP contribution in [-0.2, 0) is 14.3 Å². The van der Waals surface area contributed by atoms with Crippen molar-refractivity contribution >= 4 is 5.91 Å². The number of rotatable bonds is 5. The summed E-state index contributed by atoms with van der Waals surface area (Å²) in [5, 5.41) is 0. The van der Waals surface area contributed by atoms with Crippen molar-refractivity contribution in [3.8, 4) is 0 Å². The summed E-state index contributed by atoms with van der Waals surface area (Å²) in [5.41, 5.74) is 0.120. The number of carbonyl (C=O) groups is 1. The maximum atomic E-state index is 11.6. The van der Waals surface area contributed by atoms with Gasteiger partial charge in [0.05, 0.1) is 19.8 Å². The molecule has 0 unspecified atom stereocenters. The van der Waals surface area contributed by atoms with Gasteiger partial charge in [0.15, 0.2) is 0 Å². The van der Waals surface area contributed by atoms with Crippen molar-refractivity contribution in [2.45, 2.75) is 31.7 Å². The molecule has 1 aliphatic carbocycles. The average molecular weight is 296 g/mol. The molecule has 0 aromatic carbocycles. The van der Waals surface area contributed by atoms with E-state index in [-0.39, 0.29) is 17.9 Å². The lowest BCUT2D eigenvalue weighted by atomic mass is 9.82. The van der Waals surface area contributed by atoms with Gasteiger partial charge in [0.2, 0.25) is 5.91 Å². The number of hydrogen-bond donors (Lipinski definition) is 0. The molecule has 1 saturated carbocycles. The number of nitrogens with zero attached hydrogens (tertiary/aromatic N) is 2. The van der Waals surface area contributed by atoms with Crippen LogP contribution in [0.4, 0.5) is 0 Å². The SMILES string of the molecule is CN(C)C(=O)COC[C@]12COC[C@H]1CN(C1CCCC1)C2. The molecule has 3 rings (SSSR count). The van der Waals surface area contributed by atoms with E-state index in [9.17, 15) is 4.79 Å². The van der Waals surface area contributed by atoms with Gasteiger partial charge in [-0.05, 0) is 12.8 Å². The van der Waals surface area contributed by atoms with Crippen LogP contribution in [0, 0.1) is 11.3 Å². The Bertz CT molecular complexity index is 382. The molecule has 0 aromatic heterocycles. The fourth-order valence-electron chi connectivity index (χ4n) is 4.10. The Morgan fingerprint density at radius 3 is 2.86 bits per heavy atom. The van der Waals surface area contributed by atoms with E-state index in [0.29, 0.717) is 12.5 Å². The first-order chi connectivity index (χ1) is 10.1. The highest BCUT2D eigenvalue weighted by Gasteiger charge is 2.52. The van der Waals surface area contributed by atoms with Crippen LogP contribution in [0.15, 0.2) is 0 Å². The first kappa shape index (κ1) is 15.3. The molecule has 0 bridgehead atoms. The Balaban J connectivity index is 1.55. The number of hydrogen-bond acceptors (Lipinski definition) is 4. The van der Waals surface area contributed by atoms with Crippen molar-refractivity contribution in [1.82, 2.24) is 9.80 Å². The minimum Gasteiger partial charge on any atom is -0.380 e. The molecule has 1 amide bonds. The van der Waals surface area contributed by atoms with E-state index in [1.165, 1.54) is 25.7 Å². The van der Waals surface area contributed by atoms with Crippen LogP contribution in [0.3, 0.4) is 0 Å². The van der Waals surface area contributed by atoms with Crippen molar-refractivity contribution in [3.05, 3.63) is 0 Å². The van der Waals surface area contributed by atoms with Crippen molar-refractivity contribution in [2.24, 2.45) is 11.3 Å². The lowest BCUT2D eigenvalue weighted by Crippen LogP contribution is -2.39. The summed E-state index contributed by atoms with van der Waals surface area (Å²) in [6.07, 6.45) is 5.46. The second-order valence-electron chi connectivity index (χ2n) is 7.22. The van der Waals surface area contributed by atoms with E-state index in [0.717, 1.165) is 32.3 Å². The van der Waals surface area contributed by atoms with E-state index in [4.69, 9.17) is 9.47 Å². The average Bonchev–Trinajstić information content (AvgIpc) is 3.12. The van der Waals surface area contributed by atoms with E-state index in [1.54, 1.807) is 19.0 Å². The van der Waals surface area contributed by atoms with Crippen LogP contribution < -0.4 is 0 Å². The lowest BCUT2D eigenvalue weighted by Gasteiger charge is -2.29. The van der Waals surface area contributed by atoms with E-state index in [1.807, 2.05) is 0 Å². The summed E-state index contributed by atoms with van der Waals surface area (Å²) in [5.74, 6) is 0.611. The summed E-state index contributed by atoms with van der Waals surface area (Å²) in [6, 6.07) is 0.774. The monoisotopic (exact) mass is 296 g/mol. The topological polar surface area (TPSA) is 42.0 Å². The van der Waals surface area contributed by atoms with Crippen LogP contribution in [0.1, 0.15) is 25.7 Å². The molecule has 120 valence electrons. The van der Waals surface area contributed by atoms with Crippen molar-refractivity contribution < 1.29 is 14.3 Å². The smallest absolute Gasteiger partial charge is 0.248 e. The highest BCUT2D eigenvalue weighted by atomic mass is 16.5. The molecule has 2 saturated heterocycles. The molecule has 3 aliphatic rings. The molecule has 21 heavy (non-hydrogen) atoms. The number of likely N-dealkylation sites (N-methyl/N-ethyl adjacent to an activating group) is 1. The van der Waals surface area contributed by atoms with Gasteiger partial charge >= 0.3 is 0 Å². The third-order valence-electron chi connectivity index (χ3n) is 5.50. The Labute approximate surface area is 127 Å². The normalized spacial score (nSPS) is 33.5. The van der Waals surface area contributed by atoms with Gasteiger partial charge in [-0.15, -0.1) is 0 Å². The highest BCUT2D eigenvalue weighted by molar-refractivity contribution is 5.76. The van der Waals surface area contributed by atoms with Gasteiger partial charge in [0, 0.05) is 44.6 Å². The highest BCUT2D eigenvalue weighted by Crippen LogP contribution is 2.43. The van der Waals surface area contributed by atoms with Crippen LogP contribution in [0.5, 0.6) is 0 Å². The van der Waals surface area contributed by atoms with Crippen molar-refractivity contribution in [2.75, 3.05) is 53.6 Å². The predicted octanol–water partition coefficient (Wildman–Crippen LogP) is 0.982. The van der Waals surface area contributed by atoms with Gasteiger partial charge in [-0.2, -0.15) is 0 Å². The third-order valence-corrected chi connectivity index (χ3v) is 5.50. The summed E-state index contributed by atoms with van der Waals surface area (Å²) in [7, 11) is 3.53. The molecular weight excluding hydrogens is 268 g/mol. The summed E-state index contributed by atoms with van der Waals surface area (Å²) in [6.45, 7) is 4.71. The molecule has 5 heteroatoms. The Morgan fingerprint density at radius 1 is 1.38 bits per heavy atom. The van der Waals surface area contributed by atoms with Gasteiger partial charge < -0.3 is 14.4 Å². The molecule has 2 atom stereocenters. The number of ether oxygens (including phenoxy) is 2. The number of likely N-dealkylation sites (tertiary alicyclic amines) is 1. The Kier molecular flexibility index (Phi) is 4.52. The first-order valence-corrected chi connectivity index (χ1v) is 8.20. The zero-order valence-corrected chi connectivity index (χ0v) is 13.3. The maximum absolute atomic E-state index is 11.6. The molecule has 2 heterocycles. The van der Waals surface area contributed by atoms with Gasteiger partial charge in [0.1, 0.15) is 6.61 Å². The second kappa shape index (κ2) is 6.23. The molecule has 0 spiro atoms. The fourth-order valence-corrected chi connectivity index (χ4v) is 4.10. The Hall–Kier alpha value is -0.650. The minimum absolute atomic E-state index is 0.0347. The predicted molar refractivity (Wildman–Crippen MR) is 80.1 cm³/mol. The quantitative estimate of drug-likeness (QED) is 0.758. The molecule has 0 radical (unpaired) electrons. The fraction of sp³-hybridized carbons (Fsp3) is 0.938. The van der Waals surface area contributed by atoms with Crippen LogP contribution in [0.25, 0.3) is 0 Å². The largest absolute Gasteiger partial charge is 0.380 e. The third kappa shape index (κ3) is 3.10. The minimum atomic E-state index is 0.0347. The van der Waals surface area contributed by atoms with E-state index in [2.05, 4.69) is 4.90 Å². The number of fused-ring (bicyclic) bond motifs is 1. The standard InChI is InChI=1S/C16H28N2O3/c1-17(2)15(19)9-21-12-16-10-18(14-5-3-4-6-14)7-13(16)8-20-11-16/h13-14H,3-12H2,1-2H3/t13-,16+/m1/s1. The maximum Gasteiger partial charge on any atom is 0.248 e. The van der Waals surface area contributed by atoms with Gasteiger partial charge in [-0.3, -0.25) is 9.69 Å². The van der Waals surface area contributed by atoms with E-state index >= 15 is 0 Å². The first-order valence-electron chi connectivity index (χ1n) is 8.20. The second-order valence-corrected chi connectivity index (χ2v) is 7.22. The van der Waals surface area contributed by atoms with Crippen LogP contribution in [-0.4, -0.2) is 75.4 Å². The van der Waals surface area contributed by atoms with Gasteiger partial charge in [-0.1, -0.05) is 12.8 Å². The summed E-state index contributed by atoms with van der Waals surface area (Å²) < 4.78 is 11.5. The zero-order chi connectivity index (χ0) is 14.9. The number of carbonyl (C=O) groups excluding carboxylic acids is 1. The molecular formula is C16H28N2O3. The van der Waals surface area contributed by atoms with E-state index < -0.39 is 0 Å². The molecule has 5 nitrogen and oxygen atoms in total. The Morgan fingerprint density at radius 2 is 2.14 bits per heavy atom. The van der Waals surface area contributed by atoms with Crippen molar-refractivity contribution in [3.63, 3.8) is 0 Å². The molecule has 0 N–H and O–H groups in total. The van der Waals surface area contributed by atoms with Crippen molar-refractivity contribution in [1.29, 1.82) is 0 Å². The lowest BCUT2D eigenvalue weighted by molar-refractivity contribution is -0.135. The van der Waals surface area contributed by atoms with Gasteiger partial charge in [0.25, 0.3) is 0 Å². The molecule has 3 fully saturated rings. The molecule has 0 aromatic rings. The van der Waals surface area contributed by atoms with Gasteiger partial charge in [-0.25, -0.2) is 0 Å². The molecule has 2 aliphatic heterocycles. The number of amides is 1. The zero-order valence-electron chi connectivity index (χ0n) is 13.3. The van der Waals surface area contributed by atoms with Crippen LogP contribution in [0.2, 0.25) is 0 Å². The summed E-state index contributed by atoms with van der Waals surface area (Å²) >= 11 is 0. The summed E-state index contributed by atoms with van der Waals surface area (Å²) in [4.78, 5) is 15.9.